The number of rotatable bonds is 5. The van der Waals surface area contributed by atoms with E-state index in [9.17, 15) is 4.79 Å². The van der Waals surface area contributed by atoms with Crippen LogP contribution in [-0.2, 0) is 16.1 Å². The van der Waals surface area contributed by atoms with Crippen molar-refractivity contribution in [2.24, 2.45) is 5.92 Å². The highest BCUT2D eigenvalue weighted by Gasteiger charge is 2.44. The topological polar surface area (TPSA) is 47.6 Å². The number of carbonyl (C=O) groups excluding carboxylic acids is 1. The molecule has 2 saturated heterocycles. The number of ether oxygens (including phenoxy) is 2. The number of carbonyl (C=O) groups is 1. The second kappa shape index (κ2) is 6.57. The van der Waals surface area contributed by atoms with Gasteiger partial charge < -0.3 is 14.8 Å². The van der Waals surface area contributed by atoms with Gasteiger partial charge in [-0.05, 0) is 54.0 Å². The Morgan fingerprint density at radius 3 is 2.79 bits per heavy atom. The molecule has 0 unspecified atom stereocenters. The normalized spacial score (nSPS) is 25.0. The molecule has 2 bridgehead atoms. The molecule has 1 aromatic heterocycles. The summed E-state index contributed by atoms with van der Waals surface area (Å²) < 4.78 is 11.0. The summed E-state index contributed by atoms with van der Waals surface area (Å²) >= 11 is 1.68. The summed E-state index contributed by atoms with van der Waals surface area (Å²) in [6, 6.07) is 10.2. The van der Waals surface area contributed by atoms with Crippen LogP contribution in [0.15, 0.2) is 35.7 Å². The highest BCUT2D eigenvalue weighted by atomic mass is 32.1. The van der Waals surface area contributed by atoms with E-state index in [2.05, 4.69) is 28.9 Å². The van der Waals surface area contributed by atoms with Gasteiger partial charge in [-0.2, -0.15) is 0 Å². The van der Waals surface area contributed by atoms with E-state index in [1.54, 1.807) is 18.4 Å². The molecule has 4 rings (SSSR count). The van der Waals surface area contributed by atoms with E-state index in [1.165, 1.54) is 10.4 Å². The van der Waals surface area contributed by atoms with Crippen LogP contribution in [0.2, 0.25) is 0 Å². The first-order valence-electron chi connectivity index (χ1n) is 8.38. The second-order valence-electron chi connectivity index (χ2n) is 6.46. The van der Waals surface area contributed by atoms with Crippen LogP contribution >= 0.6 is 11.3 Å². The molecular formula is C19H21NO3S. The van der Waals surface area contributed by atoms with Crippen molar-refractivity contribution >= 4 is 17.2 Å². The minimum Gasteiger partial charge on any atom is -0.497 e. The minimum absolute atomic E-state index is 0.0461. The molecular weight excluding hydrogens is 322 g/mol. The molecule has 0 saturated carbocycles. The number of methoxy groups -OCH3 is 1. The number of fused-ring (bicyclic) bond motifs is 2. The monoisotopic (exact) mass is 343 g/mol. The van der Waals surface area contributed by atoms with E-state index in [-0.39, 0.29) is 17.9 Å². The first kappa shape index (κ1) is 15.7. The van der Waals surface area contributed by atoms with Gasteiger partial charge in [0.25, 0.3) is 0 Å². The van der Waals surface area contributed by atoms with Gasteiger partial charge in [0.1, 0.15) is 5.75 Å². The lowest BCUT2D eigenvalue weighted by atomic mass is 9.88. The SMILES string of the molecule is COc1ccc(-c2csc(CNC(=O)[C@@H]3C[C@H]4CC[C@H]3O4)c2)cc1. The van der Waals surface area contributed by atoms with Crippen LogP contribution in [0.4, 0.5) is 0 Å². The van der Waals surface area contributed by atoms with Crippen molar-refractivity contribution in [3.63, 3.8) is 0 Å². The Morgan fingerprint density at radius 1 is 1.29 bits per heavy atom. The molecule has 2 aromatic rings. The third-order valence-electron chi connectivity index (χ3n) is 4.96. The van der Waals surface area contributed by atoms with Crippen LogP contribution in [0.1, 0.15) is 24.1 Å². The molecule has 0 radical (unpaired) electrons. The zero-order chi connectivity index (χ0) is 16.5. The lowest BCUT2D eigenvalue weighted by Crippen LogP contribution is -2.35. The highest BCUT2D eigenvalue weighted by molar-refractivity contribution is 7.10. The van der Waals surface area contributed by atoms with Gasteiger partial charge in [-0.3, -0.25) is 4.79 Å². The van der Waals surface area contributed by atoms with Gasteiger partial charge in [0, 0.05) is 4.88 Å². The van der Waals surface area contributed by atoms with Crippen molar-refractivity contribution < 1.29 is 14.3 Å². The quantitative estimate of drug-likeness (QED) is 0.902. The van der Waals surface area contributed by atoms with E-state index >= 15 is 0 Å². The molecule has 2 aliphatic heterocycles. The third-order valence-corrected chi connectivity index (χ3v) is 5.89. The van der Waals surface area contributed by atoms with E-state index in [1.807, 2.05) is 12.1 Å². The van der Waals surface area contributed by atoms with E-state index < -0.39 is 0 Å². The molecule has 3 atom stereocenters. The molecule has 1 amide bonds. The van der Waals surface area contributed by atoms with Crippen LogP contribution < -0.4 is 10.1 Å². The van der Waals surface area contributed by atoms with Crippen molar-refractivity contribution in [3.05, 3.63) is 40.6 Å². The molecule has 126 valence electrons. The molecule has 3 heterocycles. The molecule has 5 heteroatoms. The van der Waals surface area contributed by atoms with Crippen molar-refractivity contribution in [2.45, 2.75) is 38.0 Å². The van der Waals surface area contributed by atoms with Gasteiger partial charge in [0.2, 0.25) is 5.91 Å². The fraction of sp³-hybridized carbons (Fsp3) is 0.421. The van der Waals surface area contributed by atoms with Gasteiger partial charge in [-0.1, -0.05) is 12.1 Å². The third kappa shape index (κ3) is 3.06. The van der Waals surface area contributed by atoms with Crippen LogP contribution in [0.3, 0.4) is 0 Å². The zero-order valence-electron chi connectivity index (χ0n) is 13.7. The second-order valence-corrected chi connectivity index (χ2v) is 7.46. The van der Waals surface area contributed by atoms with Gasteiger partial charge in [0.05, 0.1) is 31.8 Å². The van der Waals surface area contributed by atoms with E-state index in [4.69, 9.17) is 9.47 Å². The Labute approximate surface area is 145 Å². The first-order valence-corrected chi connectivity index (χ1v) is 9.26. The number of benzene rings is 1. The molecule has 1 N–H and O–H groups in total. The van der Waals surface area contributed by atoms with Gasteiger partial charge in [-0.25, -0.2) is 0 Å². The molecule has 0 aliphatic carbocycles. The first-order chi connectivity index (χ1) is 11.7. The Morgan fingerprint density at radius 2 is 2.12 bits per heavy atom. The van der Waals surface area contributed by atoms with E-state index in [0.717, 1.165) is 30.6 Å². The summed E-state index contributed by atoms with van der Waals surface area (Å²) in [7, 11) is 1.67. The summed E-state index contributed by atoms with van der Waals surface area (Å²) in [5.74, 6) is 1.04. The van der Waals surface area contributed by atoms with Gasteiger partial charge in [-0.15, -0.1) is 11.3 Å². The fourth-order valence-corrected chi connectivity index (χ4v) is 4.46. The average Bonchev–Trinajstić information content (AvgIpc) is 3.36. The predicted octanol–water partition coefficient (Wildman–Crippen LogP) is 3.61. The molecule has 2 aliphatic rings. The lowest BCUT2D eigenvalue weighted by Gasteiger charge is -2.17. The summed E-state index contributed by atoms with van der Waals surface area (Å²) in [5, 5.41) is 5.21. The van der Waals surface area contributed by atoms with Crippen LogP contribution in [-0.4, -0.2) is 25.2 Å². The number of thiophene rings is 1. The minimum atomic E-state index is 0.0461. The molecule has 2 fully saturated rings. The molecule has 1 aromatic carbocycles. The molecule has 0 spiro atoms. The van der Waals surface area contributed by atoms with Gasteiger partial charge >= 0.3 is 0 Å². The van der Waals surface area contributed by atoms with Crippen molar-refractivity contribution in [1.82, 2.24) is 5.32 Å². The van der Waals surface area contributed by atoms with Crippen molar-refractivity contribution in [3.8, 4) is 16.9 Å². The maximum absolute atomic E-state index is 12.4. The smallest absolute Gasteiger partial charge is 0.226 e. The summed E-state index contributed by atoms with van der Waals surface area (Å²) in [5.41, 5.74) is 2.33. The Hall–Kier alpha value is -1.85. The number of hydrogen-bond donors (Lipinski definition) is 1. The largest absolute Gasteiger partial charge is 0.497 e. The maximum atomic E-state index is 12.4. The van der Waals surface area contributed by atoms with Crippen LogP contribution in [0.5, 0.6) is 5.75 Å². The van der Waals surface area contributed by atoms with E-state index in [0.29, 0.717) is 12.6 Å². The van der Waals surface area contributed by atoms with Crippen molar-refractivity contribution in [2.75, 3.05) is 7.11 Å². The summed E-state index contributed by atoms with van der Waals surface area (Å²) in [6.45, 7) is 0.591. The predicted molar refractivity (Wildman–Crippen MR) is 94.2 cm³/mol. The number of hydrogen-bond acceptors (Lipinski definition) is 4. The Balaban J connectivity index is 1.35. The maximum Gasteiger partial charge on any atom is 0.226 e. The Bertz CT molecular complexity index is 724. The number of nitrogens with one attached hydrogen (secondary N) is 1. The van der Waals surface area contributed by atoms with Crippen molar-refractivity contribution in [1.29, 1.82) is 0 Å². The number of amides is 1. The summed E-state index contributed by atoms with van der Waals surface area (Å²) in [4.78, 5) is 13.5. The zero-order valence-corrected chi connectivity index (χ0v) is 14.5. The van der Waals surface area contributed by atoms with Gasteiger partial charge in [0.15, 0.2) is 0 Å². The standard InChI is InChI=1S/C19H21NO3S/c1-22-14-4-2-12(3-5-14)13-8-16(24-11-13)10-20-19(21)17-9-15-6-7-18(17)23-15/h2-5,8,11,15,17-18H,6-7,9-10H2,1H3,(H,20,21)/t15-,17-,18-/m1/s1. The molecule has 4 nitrogen and oxygen atoms in total. The Kier molecular flexibility index (Phi) is 4.29. The summed E-state index contributed by atoms with van der Waals surface area (Å²) in [6.07, 6.45) is 3.49. The molecule has 24 heavy (non-hydrogen) atoms. The fourth-order valence-electron chi connectivity index (χ4n) is 3.63. The average molecular weight is 343 g/mol. The lowest BCUT2D eigenvalue weighted by molar-refractivity contribution is -0.126. The van der Waals surface area contributed by atoms with Crippen LogP contribution in [0.25, 0.3) is 11.1 Å². The van der Waals surface area contributed by atoms with Crippen LogP contribution in [0, 0.1) is 5.92 Å². The highest BCUT2D eigenvalue weighted by Crippen LogP contribution is 2.38.